The van der Waals surface area contributed by atoms with Crippen LogP contribution in [0.2, 0.25) is 0 Å². The van der Waals surface area contributed by atoms with Crippen LogP contribution in [0.3, 0.4) is 0 Å². The molecule has 0 aliphatic rings. The van der Waals surface area contributed by atoms with Crippen LogP contribution < -0.4 is 0 Å². The molecule has 0 fully saturated rings. The van der Waals surface area contributed by atoms with Gasteiger partial charge in [0.2, 0.25) is 0 Å². The summed E-state index contributed by atoms with van der Waals surface area (Å²) in [6.07, 6.45) is 2.22. The van der Waals surface area contributed by atoms with Crippen molar-refractivity contribution < 1.29 is 0 Å². The van der Waals surface area contributed by atoms with Gasteiger partial charge in [0.15, 0.2) is 0 Å². The zero-order valence-electron chi connectivity index (χ0n) is 11.0. The van der Waals surface area contributed by atoms with Crippen LogP contribution in [0.15, 0.2) is 42.5 Å². The molecule has 0 saturated carbocycles. The minimum Gasteiger partial charge on any atom is -0.0622 e. The minimum absolute atomic E-state index is 1.10. The summed E-state index contributed by atoms with van der Waals surface area (Å²) in [4.78, 5) is 0. The lowest BCUT2D eigenvalue weighted by molar-refractivity contribution is 1.05. The molecule has 0 aliphatic heterocycles. The van der Waals surface area contributed by atoms with Gasteiger partial charge in [0.05, 0.1) is 0 Å². The molecular weight excluding hydrogens is 204 g/mol. The van der Waals surface area contributed by atoms with E-state index in [1.165, 1.54) is 27.8 Å². The molecule has 0 aliphatic carbocycles. The topological polar surface area (TPSA) is 0 Å². The lowest BCUT2D eigenvalue weighted by atomic mass is 9.90. The highest BCUT2D eigenvalue weighted by Crippen LogP contribution is 2.28. The van der Waals surface area contributed by atoms with Crippen LogP contribution in [0, 0.1) is 6.92 Å². The van der Waals surface area contributed by atoms with Gasteiger partial charge >= 0.3 is 0 Å². The fraction of sp³-hybridized carbons (Fsp3) is 0.294. The molecule has 0 amide bonds. The summed E-state index contributed by atoms with van der Waals surface area (Å²) in [7, 11) is 0. The lowest BCUT2D eigenvalue weighted by Crippen LogP contribution is -1.96. The lowest BCUT2D eigenvalue weighted by Gasteiger charge is -2.14. The Hall–Kier alpha value is -1.56. The van der Waals surface area contributed by atoms with Crippen molar-refractivity contribution in [2.75, 3.05) is 0 Å². The molecule has 2 aromatic carbocycles. The Balaban J connectivity index is 2.59. The molecular formula is C17H20. The maximum Gasteiger partial charge on any atom is -0.0149 e. The van der Waals surface area contributed by atoms with Gasteiger partial charge in [0.25, 0.3) is 0 Å². The van der Waals surface area contributed by atoms with E-state index in [1.54, 1.807) is 0 Å². The first-order valence-electron chi connectivity index (χ1n) is 6.44. The molecule has 2 rings (SSSR count). The van der Waals surface area contributed by atoms with Crippen molar-refractivity contribution in [1.29, 1.82) is 0 Å². The third-order valence-electron chi connectivity index (χ3n) is 3.53. The molecule has 0 aromatic heterocycles. The minimum atomic E-state index is 1.10. The van der Waals surface area contributed by atoms with Crippen molar-refractivity contribution in [2.24, 2.45) is 0 Å². The maximum atomic E-state index is 2.28. The number of aryl methyl sites for hydroxylation is 1. The summed E-state index contributed by atoms with van der Waals surface area (Å²) in [5.74, 6) is 0. The molecule has 0 saturated heterocycles. The quantitative estimate of drug-likeness (QED) is 0.703. The van der Waals surface area contributed by atoms with E-state index in [0.29, 0.717) is 0 Å². The molecule has 17 heavy (non-hydrogen) atoms. The van der Waals surface area contributed by atoms with E-state index in [-0.39, 0.29) is 0 Å². The summed E-state index contributed by atoms with van der Waals surface area (Å²) in [5, 5.41) is 0. The number of hydrogen-bond acceptors (Lipinski definition) is 0. The van der Waals surface area contributed by atoms with Gasteiger partial charge in [-0.05, 0) is 47.6 Å². The summed E-state index contributed by atoms with van der Waals surface area (Å²) in [6, 6.07) is 15.2. The maximum absolute atomic E-state index is 2.28. The molecule has 0 unspecified atom stereocenters. The van der Waals surface area contributed by atoms with Crippen LogP contribution in [0.4, 0.5) is 0 Å². The number of hydrogen-bond donors (Lipinski definition) is 0. The Morgan fingerprint density at radius 3 is 2.12 bits per heavy atom. The molecule has 0 bridgehead atoms. The van der Waals surface area contributed by atoms with Crippen molar-refractivity contribution in [2.45, 2.75) is 33.6 Å². The van der Waals surface area contributed by atoms with Crippen LogP contribution in [-0.4, -0.2) is 0 Å². The van der Waals surface area contributed by atoms with Crippen molar-refractivity contribution in [3.63, 3.8) is 0 Å². The first kappa shape index (κ1) is 11.9. The molecule has 0 heterocycles. The van der Waals surface area contributed by atoms with Crippen LogP contribution in [0.1, 0.15) is 30.5 Å². The van der Waals surface area contributed by atoms with Gasteiger partial charge in [-0.15, -0.1) is 0 Å². The second kappa shape index (κ2) is 5.18. The monoisotopic (exact) mass is 224 g/mol. The fourth-order valence-electron chi connectivity index (χ4n) is 2.53. The average molecular weight is 224 g/mol. The average Bonchev–Trinajstić information content (AvgIpc) is 2.39. The van der Waals surface area contributed by atoms with Crippen molar-refractivity contribution >= 4 is 0 Å². The Kier molecular flexibility index (Phi) is 3.63. The molecule has 0 spiro atoms. The van der Waals surface area contributed by atoms with Crippen molar-refractivity contribution in [3.8, 4) is 11.1 Å². The summed E-state index contributed by atoms with van der Waals surface area (Å²) in [5.41, 5.74) is 7.16. The first-order chi connectivity index (χ1) is 8.27. The summed E-state index contributed by atoms with van der Waals surface area (Å²) >= 11 is 0. The van der Waals surface area contributed by atoms with Crippen molar-refractivity contribution in [3.05, 3.63) is 59.2 Å². The Labute approximate surface area is 104 Å². The van der Waals surface area contributed by atoms with E-state index < -0.39 is 0 Å². The van der Waals surface area contributed by atoms with E-state index >= 15 is 0 Å². The zero-order valence-corrected chi connectivity index (χ0v) is 11.0. The molecule has 0 atom stereocenters. The third kappa shape index (κ3) is 2.26. The van der Waals surface area contributed by atoms with Crippen LogP contribution in [-0.2, 0) is 12.8 Å². The first-order valence-corrected chi connectivity index (χ1v) is 6.44. The van der Waals surface area contributed by atoms with Gasteiger partial charge in [0.1, 0.15) is 0 Å². The Bertz CT molecular complexity index is 495. The van der Waals surface area contributed by atoms with Gasteiger partial charge in [-0.3, -0.25) is 0 Å². The van der Waals surface area contributed by atoms with E-state index in [1.807, 2.05) is 0 Å². The third-order valence-corrected chi connectivity index (χ3v) is 3.53. The molecule has 0 heteroatoms. The van der Waals surface area contributed by atoms with Crippen LogP contribution in [0.25, 0.3) is 11.1 Å². The highest BCUT2D eigenvalue weighted by molar-refractivity contribution is 5.69. The highest BCUT2D eigenvalue weighted by Gasteiger charge is 2.08. The van der Waals surface area contributed by atoms with Gasteiger partial charge < -0.3 is 0 Å². The molecule has 2 aromatic rings. The second-order valence-electron chi connectivity index (χ2n) is 4.45. The Morgan fingerprint density at radius 1 is 0.824 bits per heavy atom. The van der Waals surface area contributed by atoms with Gasteiger partial charge in [0, 0.05) is 0 Å². The predicted molar refractivity (Wildman–Crippen MR) is 75.4 cm³/mol. The molecule has 88 valence electrons. The molecule has 0 nitrogen and oxygen atoms in total. The van der Waals surface area contributed by atoms with Gasteiger partial charge in [-0.2, -0.15) is 0 Å². The SMILES string of the molecule is CCc1ccc(-c2ccccc2)c(CC)c1C. The number of rotatable bonds is 3. The second-order valence-corrected chi connectivity index (χ2v) is 4.45. The van der Waals surface area contributed by atoms with Gasteiger partial charge in [-0.25, -0.2) is 0 Å². The van der Waals surface area contributed by atoms with E-state index in [2.05, 4.69) is 63.2 Å². The van der Waals surface area contributed by atoms with Crippen LogP contribution >= 0.6 is 0 Å². The largest absolute Gasteiger partial charge is 0.0622 e. The summed E-state index contributed by atoms with van der Waals surface area (Å²) in [6.45, 7) is 6.72. The van der Waals surface area contributed by atoms with E-state index in [4.69, 9.17) is 0 Å². The Morgan fingerprint density at radius 2 is 1.53 bits per heavy atom. The molecule has 0 radical (unpaired) electrons. The highest BCUT2D eigenvalue weighted by atomic mass is 14.1. The van der Waals surface area contributed by atoms with E-state index in [9.17, 15) is 0 Å². The van der Waals surface area contributed by atoms with Crippen LogP contribution in [0.5, 0.6) is 0 Å². The predicted octanol–water partition coefficient (Wildman–Crippen LogP) is 4.79. The van der Waals surface area contributed by atoms with E-state index in [0.717, 1.165) is 12.8 Å². The summed E-state index contributed by atoms with van der Waals surface area (Å²) < 4.78 is 0. The van der Waals surface area contributed by atoms with Gasteiger partial charge in [-0.1, -0.05) is 56.3 Å². The number of benzene rings is 2. The van der Waals surface area contributed by atoms with Crippen molar-refractivity contribution in [1.82, 2.24) is 0 Å². The smallest absolute Gasteiger partial charge is 0.0149 e. The fourth-order valence-corrected chi connectivity index (χ4v) is 2.53. The molecule has 0 N–H and O–H groups in total. The zero-order chi connectivity index (χ0) is 12.3. The normalized spacial score (nSPS) is 10.5. The standard InChI is InChI=1S/C17H20/c1-4-14-11-12-17(16(5-2)13(14)3)15-9-7-6-8-10-15/h6-12H,4-5H2,1-3H3.